The van der Waals surface area contributed by atoms with Crippen LogP contribution >= 0.6 is 15.6 Å². The second-order valence-corrected chi connectivity index (χ2v) is 28.9. The van der Waals surface area contributed by atoms with E-state index in [9.17, 15) is 43.2 Å². The molecule has 0 bridgehead atoms. The smallest absolute Gasteiger partial charge is 0.462 e. The average Bonchev–Trinajstić information content (AvgIpc) is 1.28. The molecule has 0 heterocycles. The maximum atomic E-state index is 13.1. The number of rotatable bonds is 73. The Morgan fingerprint density at radius 1 is 0.292 bits per heavy atom. The summed E-state index contributed by atoms with van der Waals surface area (Å²) in [7, 11) is -9.93. The van der Waals surface area contributed by atoms with Gasteiger partial charge in [0.1, 0.15) is 19.3 Å². The Hall–Kier alpha value is -3.24. The molecule has 96 heavy (non-hydrogen) atoms. The molecular formula is C77H140O17P2. The molecule has 19 heteroatoms. The van der Waals surface area contributed by atoms with E-state index < -0.39 is 97.5 Å². The second kappa shape index (κ2) is 70.2. The van der Waals surface area contributed by atoms with Crippen LogP contribution in [-0.4, -0.2) is 96.7 Å². The zero-order valence-electron chi connectivity index (χ0n) is 61.1. The largest absolute Gasteiger partial charge is 0.472 e. The van der Waals surface area contributed by atoms with Crippen LogP contribution in [0.1, 0.15) is 349 Å². The molecule has 0 aliphatic heterocycles. The van der Waals surface area contributed by atoms with E-state index >= 15 is 0 Å². The fourth-order valence-corrected chi connectivity index (χ4v) is 12.1. The maximum Gasteiger partial charge on any atom is 0.472 e. The number of esters is 4. The fraction of sp³-hybridized carbons (Fsp3) is 0.818. The standard InChI is InChI=1S/C77H140O17P2/c1-5-9-13-17-21-25-29-32-33-34-35-36-37-40-43-46-50-54-58-62-75(80)88-67-72(93-76(81)63-59-55-51-47-41-28-24-20-16-12-8-4)69-91-95(83,84)89-65-71(78)66-90-96(85,86)92-70-73(94-77(82)64-60-56-52-48-44-39-31-27-23-19-15-11-7-3)68-87-74(79)61-57-53-49-45-42-38-30-26-22-18-14-10-6-2/h14,18,21,25-26,30,32-33,35-36,71-73,78H,5-13,15-17,19-20,22-24,27-29,31,34,37-70H2,1-4H3,(H,83,84)(H,85,86)/b18-14-,25-21-,30-26-,33-32-,36-35-. The number of aliphatic hydroxyl groups excluding tert-OH is 1. The van der Waals surface area contributed by atoms with E-state index in [2.05, 4.69) is 88.5 Å². The Labute approximate surface area is 584 Å². The number of ether oxygens (including phenoxy) is 4. The molecule has 5 atom stereocenters. The van der Waals surface area contributed by atoms with Gasteiger partial charge in [0.2, 0.25) is 0 Å². The molecule has 0 saturated heterocycles. The number of unbranched alkanes of at least 4 members (excludes halogenated alkanes) is 37. The van der Waals surface area contributed by atoms with Crippen LogP contribution in [0.5, 0.6) is 0 Å². The summed E-state index contributed by atoms with van der Waals surface area (Å²) in [5.41, 5.74) is 0. The number of carbonyl (C=O) groups excluding carboxylic acids is 4. The summed E-state index contributed by atoms with van der Waals surface area (Å²) in [6, 6.07) is 0. The van der Waals surface area contributed by atoms with Gasteiger partial charge in [0.05, 0.1) is 26.4 Å². The Kier molecular flexibility index (Phi) is 67.8. The Morgan fingerprint density at radius 3 is 0.844 bits per heavy atom. The molecule has 0 aromatic rings. The summed E-state index contributed by atoms with van der Waals surface area (Å²) < 4.78 is 68.4. The van der Waals surface area contributed by atoms with Gasteiger partial charge < -0.3 is 33.8 Å². The summed E-state index contributed by atoms with van der Waals surface area (Å²) >= 11 is 0. The Balaban J connectivity index is 5.28. The van der Waals surface area contributed by atoms with Gasteiger partial charge in [0.25, 0.3) is 0 Å². The molecule has 560 valence electrons. The molecule has 0 amide bonds. The third kappa shape index (κ3) is 69.2. The molecule has 0 saturated carbocycles. The number of carbonyl (C=O) groups is 4. The van der Waals surface area contributed by atoms with Gasteiger partial charge >= 0.3 is 39.5 Å². The Bertz CT molecular complexity index is 2060. The molecule has 0 aromatic heterocycles. The average molecular weight is 1400 g/mol. The number of aliphatic hydroxyl groups is 1. The van der Waals surface area contributed by atoms with Crippen LogP contribution in [0, 0.1) is 0 Å². The topological polar surface area (TPSA) is 237 Å². The van der Waals surface area contributed by atoms with Crippen LogP contribution in [0.15, 0.2) is 60.8 Å². The summed E-state index contributed by atoms with van der Waals surface area (Å²) in [6.45, 7) is 4.80. The van der Waals surface area contributed by atoms with E-state index in [-0.39, 0.29) is 25.7 Å². The molecule has 0 aliphatic rings. The van der Waals surface area contributed by atoms with Crippen molar-refractivity contribution in [2.45, 2.75) is 367 Å². The zero-order chi connectivity index (χ0) is 70.4. The first-order valence-electron chi connectivity index (χ1n) is 38.5. The highest BCUT2D eigenvalue weighted by Crippen LogP contribution is 2.45. The van der Waals surface area contributed by atoms with E-state index in [0.29, 0.717) is 25.7 Å². The Morgan fingerprint density at radius 2 is 0.531 bits per heavy atom. The molecule has 0 rings (SSSR count). The van der Waals surface area contributed by atoms with Gasteiger partial charge in [-0.25, -0.2) is 9.13 Å². The molecule has 0 fully saturated rings. The normalized spacial score (nSPS) is 14.3. The number of allylic oxidation sites excluding steroid dienone is 10. The minimum absolute atomic E-state index is 0.0975. The molecule has 3 N–H and O–H groups in total. The van der Waals surface area contributed by atoms with Crippen molar-refractivity contribution in [1.29, 1.82) is 0 Å². The SMILES string of the molecule is CCC/C=C\C/C=C\CCCCCCCC(=O)OCC(COP(=O)(O)OCC(O)COP(=O)(O)OCC(COC(=O)CCCCCCCC/C=C\C/C=C\C/C=C\CCCCC)OC(=O)CCCCCCCCCCCCC)OC(=O)CCCCCCCCCCCCCCC. The predicted octanol–water partition coefficient (Wildman–Crippen LogP) is 21.9. The third-order valence-electron chi connectivity index (χ3n) is 16.5. The lowest BCUT2D eigenvalue weighted by molar-refractivity contribution is -0.161. The van der Waals surface area contributed by atoms with Crippen molar-refractivity contribution >= 4 is 39.5 Å². The number of phosphoric acid groups is 2. The van der Waals surface area contributed by atoms with Crippen LogP contribution in [0.2, 0.25) is 0 Å². The van der Waals surface area contributed by atoms with Crippen LogP contribution in [0.25, 0.3) is 0 Å². The van der Waals surface area contributed by atoms with Crippen molar-refractivity contribution in [1.82, 2.24) is 0 Å². The molecular weight excluding hydrogens is 1260 g/mol. The molecule has 0 radical (unpaired) electrons. The molecule has 17 nitrogen and oxygen atoms in total. The molecule has 5 unspecified atom stereocenters. The predicted molar refractivity (Wildman–Crippen MR) is 390 cm³/mol. The van der Waals surface area contributed by atoms with Crippen LogP contribution < -0.4 is 0 Å². The van der Waals surface area contributed by atoms with Gasteiger partial charge in [-0.1, -0.05) is 294 Å². The van der Waals surface area contributed by atoms with Crippen LogP contribution in [-0.2, 0) is 65.4 Å². The maximum absolute atomic E-state index is 13.1. The van der Waals surface area contributed by atoms with Crippen molar-refractivity contribution in [3.05, 3.63) is 60.8 Å². The first kappa shape index (κ1) is 92.8. The van der Waals surface area contributed by atoms with Crippen molar-refractivity contribution in [2.24, 2.45) is 0 Å². The van der Waals surface area contributed by atoms with Crippen molar-refractivity contribution < 1.29 is 80.2 Å². The fourth-order valence-electron chi connectivity index (χ4n) is 10.6. The minimum atomic E-state index is -4.97. The van der Waals surface area contributed by atoms with E-state index in [1.807, 2.05) is 0 Å². The van der Waals surface area contributed by atoms with Crippen LogP contribution in [0.4, 0.5) is 0 Å². The first-order valence-corrected chi connectivity index (χ1v) is 41.5. The number of hydrogen-bond acceptors (Lipinski definition) is 15. The van der Waals surface area contributed by atoms with E-state index in [1.54, 1.807) is 0 Å². The molecule has 0 aromatic carbocycles. The molecule has 0 aliphatic carbocycles. The van der Waals surface area contributed by atoms with Gasteiger partial charge in [0.15, 0.2) is 12.2 Å². The highest BCUT2D eigenvalue weighted by Gasteiger charge is 2.30. The monoisotopic (exact) mass is 1400 g/mol. The quantitative estimate of drug-likeness (QED) is 0.0169. The lowest BCUT2D eigenvalue weighted by Crippen LogP contribution is -2.30. The summed E-state index contributed by atoms with van der Waals surface area (Å²) in [6.07, 6.45) is 67.8. The minimum Gasteiger partial charge on any atom is -0.462 e. The highest BCUT2D eigenvalue weighted by molar-refractivity contribution is 7.47. The zero-order valence-corrected chi connectivity index (χ0v) is 62.8. The number of hydrogen-bond donors (Lipinski definition) is 3. The lowest BCUT2D eigenvalue weighted by atomic mass is 10.0. The van der Waals surface area contributed by atoms with E-state index in [4.69, 9.17) is 37.0 Å². The number of phosphoric ester groups is 2. The van der Waals surface area contributed by atoms with Crippen LogP contribution in [0.3, 0.4) is 0 Å². The van der Waals surface area contributed by atoms with E-state index in [1.165, 1.54) is 109 Å². The van der Waals surface area contributed by atoms with Gasteiger partial charge in [-0.15, -0.1) is 0 Å². The molecule has 0 spiro atoms. The first-order chi connectivity index (χ1) is 46.7. The summed E-state index contributed by atoms with van der Waals surface area (Å²) in [4.78, 5) is 72.8. The summed E-state index contributed by atoms with van der Waals surface area (Å²) in [5.74, 6) is -2.17. The van der Waals surface area contributed by atoms with E-state index in [0.717, 1.165) is 161 Å². The summed E-state index contributed by atoms with van der Waals surface area (Å²) in [5, 5.41) is 10.6. The lowest BCUT2D eigenvalue weighted by Gasteiger charge is -2.21. The van der Waals surface area contributed by atoms with Gasteiger partial charge in [-0.2, -0.15) is 0 Å². The van der Waals surface area contributed by atoms with Gasteiger partial charge in [-0.05, 0) is 89.9 Å². The van der Waals surface area contributed by atoms with Gasteiger partial charge in [0, 0.05) is 25.7 Å². The highest BCUT2D eigenvalue weighted by atomic mass is 31.2. The van der Waals surface area contributed by atoms with Crippen molar-refractivity contribution in [3.8, 4) is 0 Å². The van der Waals surface area contributed by atoms with Crippen molar-refractivity contribution in [3.63, 3.8) is 0 Å². The second-order valence-electron chi connectivity index (χ2n) is 26.0. The third-order valence-corrected chi connectivity index (χ3v) is 18.4. The van der Waals surface area contributed by atoms with Crippen molar-refractivity contribution in [2.75, 3.05) is 39.6 Å². The van der Waals surface area contributed by atoms with Gasteiger partial charge in [-0.3, -0.25) is 37.3 Å².